The van der Waals surface area contributed by atoms with Gasteiger partial charge in [-0.3, -0.25) is 4.79 Å². The Labute approximate surface area is 165 Å². The zero-order chi connectivity index (χ0) is 18.9. The summed E-state index contributed by atoms with van der Waals surface area (Å²) in [7, 11) is 0. The summed E-state index contributed by atoms with van der Waals surface area (Å²) in [6.45, 7) is 4.53. The monoisotopic (exact) mass is 384 g/mol. The number of aryl methyl sites for hydroxylation is 1. The van der Waals surface area contributed by atoms with Gasteiger partial charge >= 0.3 is 0 Å². The molecule has 0 radical (unpaired) electrons. The summed E-state index contributed by atoms with van der Waals surface area (Å²) in [5.74, 6) is 2.10. The van der Waals surface area contributed by atoms with Crippen molar-refractivity contribution in [3.63, 3.8) is 0 Å². The maximum atomic E-state index is 12.2. The van der Waals surface area contributed by atoms with E-state index in [0.717, 1.165) is 29.0 Å². The molecule has 27 heavy (non-hydrogen) atoms. The molecule has 0 aliphatic heterocycles. The Morgan fingerprint density at radius 3 is 2.74 bits per heavy atom. The number of amides is 1. The molecule has 1 aromatic carbocycles. The van der Waals surface area contributed by atoms with Crippen molar-refractivity contribution in [2.24, 2.45) is 5.92 Å². The number of nitrogens with one attached hydrogen (secondary N) is 1. The molecule has 0 unspecified atom stereocenters. The Morgan fingerprint density at radius 1 is 1.22 bits per heavy atom. The highest BCUT2D eigenvalue weighted by Gasteiger charge is 2.17. The molecule has 1 aromatic heterocycles. The van der Waals surface area contributed by atoms with E-state index < -0.39 is 0 Å². The van der Waals surface area contributed by atoms with E-state index in [1.165, 1.54) is 50.3 Å². The van der Waals surface area contributed by atoms with E-state index in [-0.39, 0.29) is 5.91 Å². The maximum Gasteiger partial charge on any atom is 0.234 e. The highest BCUT2D eigenvalue weighted by atomic mass is 32.2. The molecule has 144 valence electrons. The highest BCUT2D eigenvalue weighted by molar-refractivity contribution is 7.99. The van der Waals surface area contributed by atoms with Crippen molar-refractivity contribution in [3.8, 4) is 0 Å². The fourth-order valence-corrected chi connectivity index (χ4v) is 4.35. The summed E-state index contributed by atoms with van der Waals surface area (Å²) in [5.41, 5.74) is 0.809. The summed E-state index contributed by atoms with van der Waals surface area (Å²) < 4.78 is 2.09. The van der Waals surface area contributed by atoms with E-state index in [2.05, 4.69) is 26.7 Å². The van der Waals surface area contributed by atoms with Crippen LogP contribution in [0.25, 0.3) is 0 Å². The van der Waals surface area contributed by atoms with Crippen LogP contribution in [0.4, 0.5) is 5.69 Å². The molecular formula is C21H28N4OS. The van der Waals surface area contributed by atoms with E-state index in [1.807, 2.05) is 36.4 Å². The first-order valence-corrected chi connectivity index (χ1v) is 10.8. The van der Waals surface area contributed by atoms with Crippen molar-refractivity contribution in [2.45, 2.75) is 56.6 Å². The lowest BCUT2D eigenvalue weighted by molar-refractivity contribution is -0.113. The smallest absolute Gasteiger partial charge is 0.234 e. The van der Waals surface area contributed by atoms with Gasteiger partial charge in [-0.05, 0) is 24.5 Å². The summed E-state index contributed by atoms with van der Waals surface area (Å²) in [6.07, 6.45) is 10.8. The zero-order valence-corrected chi connectivity index (χ0v) is 16.6. The van der Waals surface area contributed by atoms with Crippen LogP contribution in [0.1, 0.15) is 44.3 Å². The number of para-hydroxylation sites is 1. The number of hydrogen-bond donors (Lipinski definition) is 1. The van der Waals surface area contributed by atoms with Gasteiger partial charge < -0.3 is 9.88 Å². The quantitative estimate of drug-likeness (QED) is 0.502. The second kappa shape index (κ2) is 10.3. The predicted octanol–water partition coefficient (Wildman–Crippen LogP) is 4.71. The van der Waals surface area contributed by atoms with Crippen molar-refractivity contribution < 1.29 is 4.79 Å². The Hall–Kier alpha value is -2.08. The molecule has 1 amide bonds. The van der Waals surface area contributed by atoms with Crippen LogP contribution in [-0.2, 0) is 17.8 Å². The van der Waals surface area contributed by atoms with Crippen LogP contribution in [0, 0.1) is 5.92 Å². The molecule has 3 rings (SSSR count). The molecule has 1 aliphatic rings. The van der Waals surface area contributed by atoms with Gasteiger partial charge in [-0.2, -0.15) is 0 Å². The molecule has 1 aliphatic carbocycles. The fourth-order valence-electron chi connectivity index (χ4n) is 3.58. The molecule has 0 spiro atoms. The topological polar surface area (TPSA) is 59.8 Å². The number of benzene rings is 1. The SMILES string of the molecule is C=CCn1c(CCC2CCCCC2)nnc1SCC(=O)Nc1ccccc1. The summed E-state index contributed by atoms with van der Waals surface area (Å²) >= 11 is 1.43. The van der Waals surface area contributed by atoms with Gasteiger partial charge in [0.05, 0.1) is 5.75 Å². The average Bonchev–Trinajstić information content (AvgIpc) is 3.08. The second-order valence-electron chi connectivity index (χ2n) is 7.04. The number of hydrogen-bond acceptors (Lipinski definition) is 4. The van der Waals surface area contributed by atoms with E-state index in [4.69, 9.17) is 0 Å². The predicted molar refractivity (Wildman–Crippen MR) is 111 cm³/mol. The number of carbonyl (C=O) groups is 1. The molecule has 1 N–H and O–H groups in total. The van der Waals surface area contributed by atoms with E-state index in [0.29, 0.717) is 12.3 Å². The first-order chi connectivity index (χ1) is 13.3. The molecule has 0 saturated heterocycles. The molecule has 2 aromatic rings. The normalized spacial score (nSPS) is 14.8. The van der Waals surface area contributed by atoms with Crippen LogP contribution >= 0.6 is 11.8 Å². The van der Waals surface area contributed by atoms with Crippen LogP contribution < -0.4 is 5.32 Å². The number of aromatic nitrogens is 3. The van der Waals surface area contributed by atoms with E-state index in [1.54, 1.807) is 0 Å². The van der Waals surface area contributed by atoms with Crippen molar-refractivity contribution in [1.82, 2.24) is 14.8 Å². The van der Waals surface area contributed by atoms with Gasteiger partial charge in [0.2, 0.25) is 5.91 Å². The third-order valence-electron chi connectivity index (χ3n) is 5.00. The van der Waals surface area contributed by atoms with Crippen molar-refractivity contribution in [1.29, 1.82) is 0 Å². The van der Waals surface area contributed by atoms with Gasteiger partial charge in [-0.15, -0.1) is 16.8 Å². The molecule has 1 heterocycles. The van der Waals surface area contributed by atoms with Gasteiger partial charge in [0, 0.05) is 18.7 Å². The van der Waals surface area contributed by atoms with Crippen LogP contribution in [0.15, 0.2) is 48.1 Å². The van der Waals surface area contributed by atoms with E-state index in [9.17, 15) is 4.79 Å². The molecular weight excluding hydrogens is 356 g/mol. The van der Waals surface area contributed by atoms with Gasteiger partial charge in [0.1, 0.15) is 5.82 Å². The number of thioether (sulfide) groups is 1. The lowest BCUT2D eigenvalue weighted by Crippen LogP contribution is -2.15. The van der Waals surface area contributed by atoms with E-state index >= 15 is 0 Å². The largest absolute Gasteiger partial charge is 0.325 e. The molecule has 0 bridgehead atoms. The molecule has 5 nitrogen and oxygen atoms in total. The van der Waals surface area contributed by atoms with Crippen LogP contribution in [0.3, 0.4) is 0 Å². The molecule has 0 atom stereocenters. The number of carbonyl (C=O) groups excluding carboxylic acids is 1. The second-order valence-corrected chi connectivity index (χ2v) is 7.99. The zero-order valence-electron chi connectivity index (χ0n) is 15.8. The fraction of sp³-hybridized carbons (Fsp3) is 0.476. The summed E-state index contributed by atoms with van der Waals surface area (Å²) in [6, 6.07) is 9.50. The standard InChI is InChI=1S/C21H28N4OS/c1-2-15-25-19(14-13-17-9-5-3-6-10-17)23-24-21(25)27-16-20(26)22-18-11-7-4-8-12-18/h2,4,7-8,11-12,17H,1,3,5-6,9-10,13-16H2,(H,22,26). The first-order valence-electron chi connectivity index (χ1n) is 9.77. The number of anilines is 1. The minimum atomic E-state index is -0.0388. The van der Waals surface area contributed by atoms with Crippen molar-refractivity contribution in [2.75, 3.05) is 11.1 Å². The highest BCUT2D eigenvalue weighted by Crippen LogP contribution is 2.28. The van der Waals surface area contributed by atoms with Gasteiger partial charge in [0.15, 0.2) is 5.16 Å². The minimum Gasteiger partial charge on any atom is -0.325 e. The summed E-state index contributed by atoms with van der Waals surface area (Å²) in [4.78, 5) is 12.2. The van der Waals surface area contributed by atoms with Crippen LogP contribution in [-0.4, -0.2) is 26.4 Å². The van der Waals surface area contributed by atoms with Crippen LogP contribution in [0.2, 0.25) is 0 Å². The molecule has 1 fully saturated rings. The average molecular weight is 385 g/mol. The Balaban J connectivity index is 1.55. The van der Waals surface area contributed by atoms with Crippen LogP contribution in [0.5, 0.6) is 0 Å². The lowest BCUT2D eigenvalue weighted by Gasteiger charge is -2.21. The Morgan fingerprint density at radius 2 is 2.00 bits per heavy atom. The maximum absolute atomic E-state index is 12.2. The third-order valence-corrected chi connectivity index (χ3v) is 5.96. The molecule has 6 heteroatoms. The Kier molecular flexibility index (Phi) is 7.51. The van der Waals surface area contributed by atoms with Crippen molar-refractivity contribution in [3.05, 3.63) is 48.8 Å². The van der Waals surface area contributed by atoms with Gasteiger partial charge in [0.25, 0.3) is 0 Å². The van der Waals surface area contributed by atoms with Gasteiger partial charge in [-0.1, -0.05) is 68.1 Å². The van der Waals surface area contributed by atoms with Crippen molar-refractivity contribution >= 4 is 23.4 Å². The minimum absolute atomic E-state index is 0.0388. The third kappa shape index (κ3) is 5.96. The number of nitrogens with zero attached hydrogens (tertiary/aromatic N) is 3. The number of rotatable bonds is 9. The Bertz CT molecular complexity index is 738. The lowest BCUT2D eigenvalue weighted by atomic mass is 9.86. The van der Waals surface area contributed by atoms with Gasteiger partial charge in [-0.25, -0.2) is 0 Å². The summed E-state index contributed by atoms with van der Waals surface area (Å²) in [5, 5.41) is 12.4. The number of allylic oxidation sites excluding steroid dienone is 1. The molecule has 1 saturated carbocycles. The first kappa shape index (κ1) is 19.7.